The molecule has 1 aromatic carbocycles. The highest BCUT2D eigenvalue weighted by Gasteiger charge is 2.10. The van der Waals surface area contributed by atoms with Crippen molar-refractivity contribution in [3.05, 3.63) is 51.5 Å². The number of rotatable bonds is 7. The minimum atomic E-state index is -0.0801. The van der Waals surface area contributed by atoms with E-state index in [0.717, 1.165) is 18.2 Å². The second-order valence-corrected chi connectivity index (χ2v) is 6.49. The Kier molecular flexibility index (Phi) is 7.40. The standard InChI is InChI=1S/C18H25N5OS/c1-4-19-18(22-11-15-7-5-6-13(2)10-15)21-9-8-20-17(24)16-14(3)23-12-25-16/h5-7,10,12H,4,8-9,11H2,1-3H3,(H,20,24)(H2,19,21,22). The molecule has 1 amide bonds. The predicted octanol–water partition coefficient (Wildman–Crippen LogP) is 2.25. The van der Waals surface area contributed by atoms with Crippen LogP contribution >= 0.6 is 11.3 Å². The zero-order valence-corrected chi connectivity index (χ0v) is 15.7. The van der Waals surface area contributed by atoms with Gasteiger partial charge in [0.25, 0.3) is 5.91 Å². The van der Waals surface area contributed by atoms with Gasteiger partial charge in [-0.3, -0.25) is 4.79 Å². The average Bonchev–Trinajstić information content (AvgIpc) is 3.02. The number of aliphatic imine (C=N–C) groups is 1. The third kappa shape index (κ3) is 6.19. The molecule has 6 nitrogen and oxygen atoms in total. The van der Waals surface area contributed by atoms with Crippen LogP contribution in [-0.4, -0.2) is 36.5 Å². The number of thiazole rings is 1. The topological polar surface area (TPSA) is 78.4 Å². The van der Waals surface area contributed by atoms with Gasteiger partial charge in [-0.2, -0.15) is 0 Å². The Balaban J connectivity index is 1.80. The molecule has 134 valence electrons. The molecule has 0 saturated heterocycles. The van der Waals surface area contributed by atoms with Gasteiger partial charge in [-0.05, 0) is 26.3 Å². The first kappa shape index (κ1) is 18.9. The molecule has 0 spiro atoms. The van der Waals surface area contributed by atoms with Crippen molar-refractivity contribution in [3.63, 3.8) is 0 Å². The summed E-state index contributed by atoms with van der Waals surface area (Å²) in [5.41, 5.74) is 4.85. The van der Waals surface area contributed by atoms with E-state index in [0.29, 0.717) is 24.5 Å². The summed E-state index contributed by atoms with van der Waals surface area (Å²) in [4.78, 5) is 21.4. The van der Waals surface area contributed by atoms with Gasteiger partial charge in [-0.15, -0.1) is 11.3 Å². The van der Waals surface area contributed by atoms with Crippen LogP contribution in [0.3, 0.4) is 0 Å². The molecule has 1 aromatic heterocycles. The third-order valence-corrected chi connectivity index (χ3v) is 4.43. The van der Waals surface area contributed by atoms with Crippen molar-refractivity contribution >= 4 is 23.2 Å². The smallest absolute Gasteiger partial charge is 0.263 e. The van der Waals surface area contributed by atoms with E-state index < -0.39 is 0 Å². The molecule has 25 heavy (non-hydrogen) atoms. The van der Waals surface area contributed by atoms with Crippen molar-refractivity contribution in [1.82, 2.24) is 20.9 Å². The summed E-state index contributed by atoms with van der Waals surface area (Å²) in [5, 5.41) is 9.33. The number of nitrogens with one attached hydrogen (secondary N) is 3. The first-order chi connectivity index (χ1) is 12.1. The zero-order valence-electron chi connectivity index (χ0n) is 14.9. The Bertz CT molecular complexity index is 726. The minimum absolute atomic E-state index is 0.0801. The first-order valence-electron chi connectivity index (χ1n) is 8.36. The second kappa shape index (κ2) is 9.78. The summed E-state index contributed by atoms with van der Waals surface area (Å²) in [5.74, 6) is 0.663. The SMILES string of the molecule is CCNC(=NCc1cccc(C)c1)NCCNC(=O)c1scnc1C. The van der Waals surface area contributed by atoms with E-state index in [-0.39, 0.29) is 5.91 Å². The minimum Gasteiger partial charge on any atom is -0.357 e. The van der Waals surface area contributed by atoms with Crippen LogP contribution in [-0.2, 0) is 6.54 Å². The van der Waals surface area contributed by atoms with Gasteiger partial charge in [0.05, 0.1) is 17.7 Å². The van der Waals surface area contributed by atoms with Crippen LogP contribution in [0.5, 0.6) is 0 Å². The fraction of sp³-hybridized carbons (Fsp3) is 0.389. The normalized spacial score (nSPS) is 11.2. The maximum absolute atomic E-state index is 12.0. The quantitative estimate of drug-likeness (QED) is 0.402. The van der Waals surface area contributed by atoms with Gasteiger partial charge in [0.1, 0.15) is 4.88 Å². The average molecular weight is 359 g/mol. The van der Waals surface area contributed by atoms with E-state index in [1.807, 2.05) is 19.9 Å². The zero-order chi connectivity index (χ0) is 18.1. The van der Waals surface area contributed by atoms with E-state index in [4.69, 9.17) is 0 Å². The number of aromatic nitrogens is 1. The molecule has 0 fully saturated rings. The molecule has 0 aliphatic heterocycles. The maximum atomic E-state index is 12.0. The van der Waals surface area contributed by atoms with Crippen LogP contribution in [0.1, 0.15) is 33.4 Å². The second-order valence-electron chi connectivity index (χ2n) is 5.63. The number of guanidine groups is 1. The molecule has 1 heterocycles. The van der Waals surface area contributed by atoms with E-state index in [9.17, 15) is 4.79 Å². The number of carbonyl (C=O) groups excluding carboxylic acids is 1. The van der Waals surface area contributed by atoms with Gasteiger partial charge in [-0.1, -0.05) is 29.8 Å². The van der Waals surface area contributed by atoms with Gasteiger partial charge in [0.15, 0.2) is 5.96 Å². The number of carbonyl (C=O) groups is 1. The van der Waals surface area contributed by atoms with Gasteiger partial charge in [0, 0.05) is 19.6 Å². The van der Waals surface area contributed by atoms with Crippen molar-refractivity contribution in [3.8, 4) is 0 Å². The maximum Gasteiger partial charge on any atom is 0.263 e. The summed E-state index contributed by atoms with van der Waals surface area (Å²) in [6.07, 6.45) is 0. The summed E-state index contributed by atoms with van der Waals surface area (Å²) >= 11 is 1.36. The molecule has 0 saturated carbocycles. The van der Waals surface area contributed by atoms with Crippen LogP contribution in [0.15, 0.2) is 34.8 Å². The summed E-state index contributed by atoms with van der Waals surface area (Å²) in [6.45, 7) is 8.46. The van der Waals surface area contributed by atoms with E-state index in [1.165, 1.54) is 22.5 Å². The lowest BCUT2D eigenvalue weighted by Crippen LogP contribution is -2.41. The van der Waals surface area contributed by atoms with Crippen LogP contribution in [0.25, 0.3) is 0 Å². The molecule has 2 aromatic rings. The van der Waals surface area contributed by atoms with E-state index >= 15 is 0 Å². The monoisotopic (exact) mass is 359 g/mol. The van der Waals surface area contributed by atoms with Crippen molar-refractivity contribution in [2.24, 2.45) is 4.99 Å². The Labute approximate surface area is 152 Å². The van der Waals surface area contributed by atoms with Crippen LogP contribution in [0.2, 0.25) is 0 Å². The molecule has 0 aliphatic carbocycles. The summed E-state index contributed by atoms with van der Waals surface area (Å²) in [6, 6.07) is 8.31. The Morgan fingerprint density at radius 1 is 1.20 bits per heavy atom. The lowest BCUT2D eigenvalue weighted by Gasteiger charge is -2.12. The highest BCUT2D eigenvalue weighted by molar-refractivity contribution is 7.11. The van der Waals surface area contributed by atoms with Crippen molar-refractivity contribution in [1.29, 1.82) is 0 Å². The molecule has 7 heteroatoms. The molecular weight excluding hydrogens is 334 g/mol. The lowest BCUT2D eigenvalue weighted by molar-refractivity contribution is 0.0957. The number of hydrogen-bond acceptors (Lipinski definition) is 4. The highest BCUT2D eigenvalue weighted by atomic mass is 32.1. The molecule has 2 rings (SSSR count). The molecule has 0 atom stereocenters. The Morgan fingerprint density at radius 2 is 2.00 bits per heavy atom. The van der Waals surface area contributed by atoms with Crippen LogP contribution < -0.4 is 16.0 Å². The largest absolute Gasteiger partial charge is 0.357 e. The molecule has 0 unspecified atom stereocenters. The van der Waals surface area contributed by atoms with Gasteiger partial charge < -0.3 is 16.0 Å². The molecular formula is C18H25N5OS. The molecule has 3 N–H and O–H groups in total. The van der Waals surface area contributed by atoms with Crippen LogP contribution in [0, 0.1) is 13.8 Å². The van der Waals surface area contributed by atoms with Gasteiger partial charge in [0.2, 0.25) is 0 Å². The number of aryl methyl sites for hydroxylation is 2. The fourth-order valence-electron chi connectivity index (χ4n) is 2.28. The van der Waals surface area contributed by atoms with E-state index in [1.54, 1.807) is 5.51 Å². The highest BCUT2D eigenvalue weighted by Crippen LogP contribution is 2.11. The van der Waals surface area contributed by atoms with Crippen molar-refractivity contribution in [2.45, 2.75) is 27.3 Å². The fourth-order valence-corrected chi connectivity index (χ4v) is 3.00. The Morgan fingerprint density at radius 3 is 2.68 bits per heavy atom. The Hall–Kier alpha value is -2.41. The van der Waals surface area contributed by atoms with Crippen LogP contribution in [0.4, 0.5) is 0 Å². The number of nitrogens with zero attached hydrogens (tertiary/aromatic N) is 2. The summed E-state index contributed by atoms with van der Waals surface area (Å²) < 4.78 is 0. The molecule has 0 bridgehead atoms. The number of hydrogen-bond donors (Lipinski definition) is 3. The number of amides is 1. The van der Waals surface area contributed by atoms with Gasteiger partial charge >= 0.3 is 0 Å². The third-order valence-electron chi connectivity index (χ3n) is 3.50. The lowest BCUT2D eigenvalue weighted by atomic mass is 10.1. The van der Waals surface area contributed by atoms with Crippen molar-refractivity contribution in [2.75, 3.05) is 19.6 Å². The van der Waals surface area contributed by atoms with E-state index in [2.05, 4.69) is 51.0 Å². The first-order valence-corrected chi connectivity index (χ1v) is 9.24. The number of benzene rings is 1. The molecule has 0 aliphatic rings. The summed E-state index contributed by atoms with van der Waals surface area (Å²) in [7, 11) is 0. The van der Waals surface area contributed by atoms with Crippen molar-refractivity contribution < 1.29 is 4.79 Å². The molecule has 0 radical (unpaired) electrons. The van der Waals surface area contributed by atoms with Gasteiger partial charge in [-0.25, -0.2) is 9.98 Å². The predicted molar refractivity (Wildman–Crippen MR) is 103 cm³/mol.